The molecule has 5 nitrogen and oxygen atoms in total. The van der Waals surface area contributed by atoms with E-state index in [1.54, 1.807) is 18.5 Å². The quantitative estimate of drug-likeness (QED) is 0.691. The average Bonchev–Trinajstić information content (AvgIpc) is 2.75. The molecular weight excluding hydrogens is 190 g/mol. The fourth-order valence-corrected chi connectivity index (χ4v) is 1.28. The van der Waals surface area contributed by atoms with E-state index in [1.807, 2.05) is 13.8 Å². The molecule has 0 saturated carbocycles. The van der Waals surface area contributed by atoms with Crippen LogP contribution in [0.15, 0.2) is 18.5 Å². The second-order valence-corrected chi connectivity index (χ2v) is 3.17. The van der Waals surface area contributed by atoms with Crippen LogP contribution in [0, 0.1) is 25.2 Å². The summed E-state index contributed by atoms with van der Waals surface area (Å²) in [5.74, 6) is 0.477. The summed E-state index contributed by atoms with van der Waals surface area (Å²) in [7, 11) is 0. The zero-order valence-corrected chi connectivity index (χ0v) is 8.47. The van der Waals surface area contributed by atoms with Crippen LogP contribution in [-0.2, 0) is 0 Å². The molecular formula is C10H9N5. The van der Waals surface area contributed by atoms with Crippen LogP contribution >= 0.6 is 0 Å². The Hall–Kier alpha value is -2.22. The van der Waals surface area contributed by atoms with Gasteiger partial charge in [0.1, 0.15) is 11.6 Å². The van der Waals surface area contributed by atoms with E-state index in [9.17, 15) is 0 Å². The predicted octanol–water partition coefficient (Wildman–Crippen LogP) is 1.15. The number of rotatable bonds is 1. The highest BCUT2D eigenvalue weighted by Gasteiger charge is 2.11. The topological polar surface area (TPSA) is 67.4 Å². The molecule has 2 rings (SSSR count). The fraction of sp³-hybridized carbons (Fsp3) is 0.200. The zero-order chi connectivity index (χ0) is 10.8. The van der Waals surface area contributed by atoms with Crippen molar-refractivity contribution >= 4 is 0 Å². The predicted molar refractivity (Wildman–Crippen MR) is 53.3 cm³/mol. The van der Waals surface area contributed by atoms with Crippen LogP contribution in [0.2, 0.25) is 0 Å². The van der Waals surface area contributed by atoms with Gasteiger partial charge in [-0.3, -0.25) is 0 Å². The van der Waals surface area contributed by atoms with Crippen molar-refractivity contribution in [3.05, 3.63) is 35.3 Å². The summed E-state index contributed by atoms with van der Waals surface area (Å²) in [6.45, 7) is 3.69. The highest BCUT2D eigenvalue weighted by Crippen LogP contribution is 2.15. The Morgan fingerprint density at radius 3 is 2.73 bits per heavy atom. The molecule has 0 spiro atoms. The van der Waals surface area contributed by atoms with E-state index in [-0.39, 0.29) is 0 Å². The van der Waals surface area contributed by atoms with Crippen LogP contribution in [0.25, 0.3) is 5.82 Å². The van der Waals surface area contributed by atoms with Gasteiger partial charge in [-0.05, 0) is 25.5 Å². The Morgan fingerprint density at radius 2 is 2.13 bits per heavy atom. The molecule has 0 amide bonds. The number of hydrogen-bond donors (Lipinski definition) is 0. The minimum absolute atomic E-state index is 0.477. The molecule has 0 aliphatic carbocycles. The third-order valence-corrected chi connectivity index (χ3v) is 2.27. The molecule has 0 bridgehead atoms. The van der Waals surface area contributed by atoms with Crippen LogP contribution in [0.5, 0.6) is 0 Å². The molecule has 0 N–H and O–H groups in total. The monoisotopic (exact) mass is 199 g/mol. The van der Waals surface area contributed by atoms with Gasteiger partial charge in [-0.1, -0.05) is 0 Å². The van der Waals surface area contributed by atoms with Crippen molar-refractivity contribution in [1.82, 2.24) is 20.0 Å². The molecule has 2 heterocycles. The maximum atomic E-state index is 9.06. The molecule has 5 heteroatoms. The van der Waals surface area contributed by atoms with Crippen LogP contribution < -0.4 is 0 Å². The Kier molecular flexibility index (Phi) is 2.18. The van der Waals surface area contributed by atoms with Crippen LogP contribution in [0.4, 0.5) is 0 Å². The van der Waals surface area contributed by atoms with E-state index in [1.165, 1.54) is 4.68 Å². The molecule has 0 radical (unpaired) electrons. The molecule has 2 aromatic heterocycles. The van der Waals surface area contributed by atoms with Gasteiger partial charge in [0.05, 0.1) is 5.69 Å². The van der Waals surface area contributed by atoms with E-state index >= 15 is 0 Å². The Balaban J connectivity index is 2.69. The van der Waals surface area contributed by atoms with E-state index in [2.05, 4.69) is 21.4 Å². The summed E-state index contributed by atoms with van der Waals surface area (Å²) in [5, 5.41) is 21.1. The van der Waals surface area contributed by atoms with Crippen molar-refractivity contribution in [2.75, 3.05) is 0 Å². The summed E-state index contributed by atoms with van der Waals surface area (Å²) in [6, 6.07) is 3.91. The van der Waals surface area contributed by atoms with Crippen molar-refractivity contribution < 1.29 is 0 Å². The van der Waals surface area contributed by atoms with Crippen LogP contribution in [0.3, 0.4) is 0 Å². The molecule has 0 aliphatic heterocycles. The van der Waals surface area contributed by atoms with E-state index in [4.69, 9.17) is 5.26 Å². The van der Waals surface area contributed by atoms with Gasteiger partial charge in [0, 0.05) is 12.4 Å². The van der Waals surface area contributed by atoms with Crippen molar-refractivity contribution in [3.63, 3.8) is 0 Å². The van der Waals surface area contributed by atoms with Gasteiger partial charge in [-0.2, -0.15) is 15.5 Å². The Labute approximate surface area is 87.0 Å². The normalized spacial score (nSPS) is 9.93. The van der Waals surface area contributed by atoms with Crippen molar-refractivity contribution in [3.8, 4) is 11.9 Å². The minimum Gasteiger partial charge on any atom is -0.220 e. The standard InChI is InChI=1S/C10H9N5/c1-7-8(2)13-14-10(9(7)6-11)15-5-3-4-12-15/h3-5H,1-2H3. The van der Waals surface area contributed by atoms with Gasteiger partial charge < -0.3 is 0 Å². The van der Waals surface area contributed by atoms with Gasteiger partial charge in [0.25, 0.3) is 0 Å². The van der Waals surface area contributed by atoms with Gasteiger partial charge in [-0.15, -0.1) is 5.10 Å². The summed E-state index contributed by atoms with van der Waals surface area (Å²) >= 11 is 0. The smallest absolute Gasteiger partial charge is 0.193 e. The third kappa shape index (κ3) is 1.46. The lowest BCUT2D eigenvalue weighted by Crippen LogP contribution is -2.06. The second-order valence-electron chi connectivity index (χ2n) is 3.17. The number of hydrogen-bond acceptors (Lipinski definition) is 4. The summed E-state index contributed by atoms with van der Waals surface area (Å²) in [5.41, 5.74) is 2.13. The first-order valence-corrected chi connectivity index (χ1v) is 4.48. The first kappa shape index (κ1) is 9.34. The fourth-order valence-electron chi connectivity index (χ4n) is 1.28. The van der Waals surface area contributed by atoms with Crippen LogP contribution in [0.1, 0.15) is 16.8 Å². The average molecular weight is 199 g/mol. The first-order valence-electron chi connectivity index (χ1n) is 4.48. The first-order chi connectivity index (χ1) is 7.24. The molecule has 0 aliphatic rings. The molecule has 0 aromatic carbocycles. The molecule has 15 heavy (non-hydrogen) atoms. The van der Waals surface area contributed by atoms with Crippen molar-refractivity contribution in [2.24, 2.45) is 0 Å². The SMILES string of the molecule is Cc1nnc(-n2cccn2)c(C#N)c1C. The van der Waals surface area contributed by atoms with E-state index in [0.29, 0.717) is 11.4 Å². The minimum atomic E-state index is 0.477. The summed E-state index contributed by atoms with van der Waals surface area (Å²) in [6.07, 6.45) is 3.37. The highest BCUT2D eigenvalue weighted by molar-refractivity contribution is 5.48. The molecule has 0 saturated heterocycles. The van der Waals surface area contributed by atoms with E-state index in [0.717, 1.165) is 11.3 Å². The molecule has 0 atom stereocenters. The van der Waals surface area contributed by atoms with Crippen molar-refractivity contribution in [1.29, 1.82) is 5.26 Å². The van der Waals surface area contributed by atoms with Gasteiger partial charge in [-0.25, -0.2) is 4.68 Å². The maximum Gasteiger partial charge on any atom is 0.193 e. The van der Waals surface area contributed by atoms with Gasteiger partial charge >= 0.3 is 0 Å². The lowest BCUT2D eigenvalue weighted by molar-refractivity contribution is 0.796. The number of nitriles is 1. The van der Waals surface area contributed by atoms with Crippen molar-refractivity contribution in [2.45, 2.75) is 13.8 Å². The van der Waals surface area contributed by atoms with Gasteiger partial charge in [0.15, 0.2) is 5.82 Å². The lowest BCUT2D eigenvalue weighted by atomic mass is 10.1. The Bertz CT molecular complexity index is 521. The summed E-state index contributed by atoms with van der Waals surface area (Å²) in [4.78, 5) is 0. The van der Waals surface area contributed by atoms with E-state index < -0.39 is 0 Å². The van der Waals surface area contributed by atoms with Crippen LogP contribution in [-0.4, -0.2) is 20.0 Å². The zero-order valence-electron chi connectivity index (χ0n) is 8.47. The highest BCUT2D eigenvalue weighted by atomic mass is 15.3. The molecule has 0 fully saturated rings. The molecule has 0 unspecified atom stereocenters. The van der Waals surface area contributed by atoms with Gasteiger partial charge in [0.2, 0.25) is 0 Å². The number of aryl methyl sites for hydroxylation is 1. The maximum absolute atomic E-state index is 9.06. The third-order valence-electron chi connectivity index (χ3n) is 2.27. The number of nitrogens with zero attached hydrogens (tertiary/aromatic N) is 5. The summed E-state index contributed by atoms with van der Waals surface area (Å²) < 4.78 is 1.54. The second kappa shape index (κ2) is 3.50. The largest absolute Gasteiger partial charge is 0.220 e. The molecule has 2 aromatic rings. The number of aromatic nitrogens is 4. The molecule has 74 valence electrons. The Morgan fingerprint density at radius 1 is 1.33 bits per heavy atom. The lowest BCUT2D eigenvalue weighted by Gasteiger charge is -2.05.